The summed E-state index contributed by atoms with van der Waals surface area (Å²) < 4.78 is 23.3. The van der Waals surface area contributed by atoms with E-state index in [0.717, 1.165) is 13.0 Å². The zero-order chi connectivity index (χ0) is 13.9. The Balaban J connectivity index is 2.16. The van der Waals surface area contributed by atoms with E-state index in [-0.39, 0.29) is 12.0 Å². The topological polar surface area (TPSA) is 59.1 Å². The van der Waals surface area contributed by atoms with E-state index in [1.807, 2.05) is 12.1 Å². The van der Waals surface area contributed by atoms with E-state index in [2.05, 4.69) is 24.1 Å². The lowest BCUT2D eigenvalue weighted by molar-refractivity contribution is 0.344. The largest absolute Gasteiger partial charge is 0.313 e. The van der Waals surface area contributed by atoms with Gasteiger partial charge in [0.1, 0.15) is 0 Å². The minimum atomic E-state index is -2.83. The molecular weight excluding hydrogens is 260 g/mol. The summed E-state index contributed by atoms with van der Waals surface area (Å²) in [7, 11) is -2.83. The van der Waals surface area contributed by atoms with E-state index in [4.69, 9.17) is 0 Å². The first kappa shape index (κ1) is 14.5. The third-order valence-electron chi connectivity index (χ3n) is 3.99. The van der Waals surface area contributed by atoms with Gasteiger partial charge >= 0.3 is 0 Å². The molecule has 3 unspecified atom stereocenters. The number of aromatic nitrogens is 1. The molecule has 0 bridgehead atoms. The number of pyridine rings is 1. The molecule has 19 heavy (non-hydrogen) atoms. The van der Waals surface area contributed by atoms with Gasteiger partial charge in [0.05, 0.1) is 11.5 Å². The molecule has 4 nitrogen and oxygen atoms in total. The minimum Gasteiger partial charge on any atom is -0.313 e. The predicted molar refractivity (Wildman–Crippen MR) is 76.9 cm³/mol. The Hall–Kier alpha value is -0.940. The van der Waals surface area contributed by atoms with E-state index >= 15 is 0 Å². The van der Waals surface area contributed by atoms with Crippen molar-refractivity contribution in [3.8, 4) is 0 Å². The second kappa shape index (κ2) is 6.01. The second-order valence-electron chi connectivity index (χ2n) is 5.32. The molecule has 106 valence electrons. The number of hydrogen-bond donors (Lipinski definition) is 1. The van der Waals surface area contributed by atoms with Gasteiger partial charge in [-0.3, -0.25) is 4.98 Å². The summed E-state index contributed by atoms with van der Waals surface area (Å²) in [6.45, 7) is 5.08. The molecule has 0 aromatic carbocycles. The summed E-state index contributed by atoms with van der Waals surface area (Å²) in [5, 5.41) is 3.48. The first-order chi connectivity index (χ1) is 9.03. The molecule has 0 radical (unpaired) electrons. The van der Waals surface area contributed by atoms with Gasteiger partial charge in [-0.15, -0.1) is 0 Å². The van der Waals surface area contributed by atoms with Crippen LogP contribution in [-0.4, -0.2) is 37.5 Å². The summed E-state index contributed by atoms with van der Waals surface area (Å²) in [6.07, 6.45) is 4.36. The SMILES string of the molecule is CCNC(C1CCS(=O)(=O)C1)C(C)c1ccncc1. The molecule has 1 aliphatic heterocycles. The number of rotatable bonds is 5. The molecule has 1 aliphatic rings. The maximum atomic E-state index is 11.7. The summed E-state index contributed by atoms with van der Waals surface area (Å²) in [6, 6.07) is 4.24. The van der Waals surface area contributed by atoms with E-state index < -0.39 is 9.84 Å². The third-order valence-corrected chi connectivity index (χ3v) is 5.78. The van der Waals surface area contributed by atoms with Crippen molar-refractivity contribution in [2.24, 2.45) is 5.92 Å². The van der Waals surface area contributed by atoms with Gasteiger partial charge in [0.25, 0.3) is 0 Å². The summed E-state index contributed by atoms with van der Waals surface area (Å²) in [4.78, 5) is 4.04. The molecule has 1 saturated heterocycles. The molecule has 1 aromatic heterocycles. The van der Waals surface area contributed by atoms with Crippen LogP contribution in [0.25, 0.3) is 0 Å². The number of nitrogens with zero attached hydrogens (tertiary/aromatic N) is 1. The average molecular weight is 282 g/mol. The molecule has 0 aliphatic carbocycles. The number of hydrogen-bond acceptors (Lipinski definition) is 4. The lowest BCUT2D eigenvalue weighted by Crippen LogP contribution is -2.40. The Morgan fingerprint density at radius 3 is 2.63 bits per heavy atom. The van der Waals surface area contributed by atoms with Crippen LogP contribution in [0, 0.1) is 5.92 Å². The standard InChI is InChI=1S/C14H22N2O2S/c1-3-16-14(13-6-9-19(17,18)10-13)11(2)12-4-7-15-8-5-12/h4-5,7-8,11,13-14,16H,3,6,9-10H2,1-2H3. The van der Waals surface area contributed by atoms with Crippen molar-refractivity contribution in [3.63, 3.8) is 0 Å². The lowest BCUT2D eigenvalue weighted by atomic mass is 9.84. The molecule has 2 rings (SSSR count). The Bertz CT molecular complexity index is 501. The summed E-state index contributed by atoms with van der Waals surface area (Å²) >= 11 is 0. The Kier molecular flexibility index (Phi) is 4.58. The van der Waals surface area contributed by atoms with Crippen molar-refractivity contribution < 1.29 is 8.42 Å². The highest BCUT2D eigenvalue weighted by Gasteiger charge is 2.36. The first-order valence-electron chi connectivity index (χ1n) is 6.87. The number of sulfone groups is 1. The Labute approximate surface area is 115 Å². The van der Waals surface area contributed by atoms with Gasteiger partial charge in [-0.2, -0.15) is 0 Å². The van der Waals surface area contributed by atoms with Crippen molar-refractivity contribution >= 4 is 9.84 Å². The molecule has 0 spiro atoms. The molecule has 5 heteroatoms. The number of nitrogens with one attached hydrogen (secondary N) is 1. The summed E-state index contributed by atoms with van der Waals surface area (Å²) in [5.41, 5.74) is 1.21. The van der Waals surface area contributed by atoms with Gasteiger partial charge in [-0.1, -0.05) is 13.8 Å². The lowest BCUT2D eigenvalue weighted by Gasteiger charge is -2.29. The monoisotopic (exact) mass is 282 g/mol. The molecular formula is C14H22N2O2S. The van der Waals surface area contributed by atoms with Crippen LogP contribution < -0.4 is 5.32 Å². The molecule has 0 amide bonds. The quantitative estimate of drug-likeness (QED) is 0.891. The average Bonchev–Trinajstić information content (AvgIpc) is 2.76. The van der Waals surface area contributed by atoms with Crippen molar-refractivity contribution in [3.05, 3.63) is 30.1 Å². The first-order valence-corrected chi connectivity index (χ1v) is 8.69. The second-order valence-corrected chi connectivity index (χ2v) is 7.54. The number of likely N-dealkylation sites (N-methyl/N-ethyl adjacent to an activating group) is 1. The van der Waals surface area contributed by atoms with Crippen molar-refractivity contribution in [1.82, 2.24) is 10.3 Å². The van der Waals surface area contributed by atoms with E-state index in [1.54, 1.807) is 12.4 Å². The highest BCUT2D eigenvalue weighted by atomic mass is 32.2. The van der Waals surface area contributed by atoms with Gasteiger partial charge in [0.15, 0.2) is 9.84 Å². The molecule has 2 heterocycles. The van der Waals surface area contributed by atoms with Crippen LogP contribution in [0.4, 0.5) is 0 Å². The predicted octanol–water partition coefficient (Wildman–Crippen LogP) is 1.60. The highest BCUT2D eigenvalue weighted by molar-refractivity contribution is 7.91. The van der Waals surface area contributed by atoms with Crippen LogP contribution >= 0.6 is 0 Å². The van der Waals surface area contributed by atoms with E-state index in [9.17, 15) is 8.42 Å². The maximum Gasteiger partial charge on any atom is 0.150 e. The fraction of sp³-hybridized carbons (Fsp3) is 0.643. The Morgan fingerprint density at radius 2 is 2.11 bits per heavy atom. The van der Waals surface area contributed by atoms with Gasteiger partial charge < -0.3 is 5.32 Å². The van der Waals surface area contributed by atoms with E-state index in [0.29, 0.717) is 17.4 Å². The van der Waals surface area contributed by atoms with Gasteiger partial charge in [0.2, 0.25) is 0 Å². The fourth-order valence-electron chi connectivity index (χ4n) is 2.97. The van der Waals surface area contributed by atoms with Crippen LogP contribution in [-0.2, 0) is 9.84 Å². The molecule has 1 fully saturated rings. The molecule has 1 N–H and O–H groups in total. The van der Waals surface area contributed by atoms with Crippen LogP contribution in [0.15, 0.2) is 24.5 Å². The Morgan fingerprint density at radius 1 is 1.42 bits per heavy atom. The van der Waals surface area contributed by atoms with Crippen LogP contribution in [0.1, 0.15) is 31.7 Å². The molecule has 1 aromatic rings. The highest BCUT2D eigenvalue weighted by Crippen LogP contribution is 2.30. The maximum absolute atomic E-state index is 11.7. The van der Waals surface area contributed by atoms with Crippen molar-refractivity contribution in [1.29, 1.82) is 0 Å². The van der Waals surface area contributed by atoms with Gasteiger partial charge in [0, 0.05) is 18.4 Å². The summed E-state index contributed by atoms with van der Waals surface area (Å²) in [5.74, 6) is 1.16. The zero-order valence-corrected chi connectivity index (χ0v) is 12.4. The zero-order valence-electron chi connectivity index (χ0n) is 11.5. The van der Waals surface area contributed by atoms with Crippen LogP contribution in [0.3, 0.4) is 0 Å². The minimum absolute atomic E-state index is 0.213. The smallest absolute Gasteiger partial charge is 0.150 e. The van der Waals surface area contributed by atoms with Gasteiger partial charge in [-0.05, 0) is 42.5 Å². The normalized spacial score (nSPS) is 25.1. The van der Waals surface area contributed by atoms with Crippen LogP contribution in [0.2, 0.25) is 0 Å². The fourth-order valence-corrected chi connectivity index (χ4v) is 4.82. The van der Waals surface area contributed by atoms with Crippen LogP contribution in [0.5, 0.6) is 0 Å². The van der Waals surface area contributed by atoms with E-state index in [1.165, 1.54) is 5.56 Å². The molecule has 3 atom stereocenters. The van der Waals surface area contributed by atoms with Crippen molar-refractivity contribution in [2.75, 3.05) is 18.1 Å². The third kappa shape index (κ3) is 3.54. The van der Waals surface area contributed by atoms with Gasteiger partial charge in [-0.25, -0.2) is 8.42 Å². The molecule has 0 saturated carbocycles. The van der Waals surface area contributed by atoms with Crippen molar-refractivity contribution in [2.45, 2.75) is 32.2 Å².